The predicted octanol–water partition coefficient (Wildman–Crippen LogP) is 1.49. The van der Waals surface area contributed by atoms with Gasteiger partial charge in [-0.1, -0.05) is 0 Å². The largest absolute Gasteiger partial charge is 0.478 e. The summed E-state index contributed by atoms with van der Waals surface area (Å²) in [6.07, 6.45) is 0.628. The van der Waals surface area contributed by atoms with E-state index in [1.54, 1.807) is 7.05 Å². The highest BCUT2D eigenvalue weighted by Gasteiger charge is 2.40. The third-order valence-corrected chi connectivity index (χ3v) is 3.78. The maximum absolute atomic E-state index is 13.2. The summed E-state index contributed by atoms with van der Waals surface area (Å²) in [5.41, 5.74) is -0.184. The maximum Gasteiger partial charge on any atom is 0.337 e. The Morgan fingerprint density at radius 1 is 1.45 bits per heavy atom. The molecule has 1 aliphatic rings. The van der Waals surface area contributed by atoms with Crippen LogP contribution in [0.2, 0.25) is 0 Å². The zero-order chi connectivity index (χ0) is 14.9. The van der Waals surface area contributed by atoms with Crippen LogP contribution in [0.4, 0.5) is 10.1 Å². The highest BCUT2D eigenvalue weighted by atomic mass is 19.1. The molecular formula is C14H17FN2O3. The van der Waals surface area contributed by atoms with Gasteiger partial charge in [-0.05, 0) is 31.5 Å². The van der Waals surface area contributed by atoms with Gasteiger partial charge in [-0.15, -0.1) is 0 Å². The zero-order valence-electron chi connectivity index (χ0n) is 11.4. The Bertz CT molecular complexity index is 561. The summed E-state index contributed by atoms with van der Waals surface area (Å²) < 4.78 is 13.2. The average Bonchev–Trinajstić information content (AvgIpc) is 2.81. The molecule has 1 amide bonds. The van der Waals surface area contributed by atoms with Crippen molar-refractivity contribution in [3.63, 3.8) is 0 Å². The second-order valence-electron chi connectivity index (χ2n) is 5.28. The first-order valence-electron chi connectivity index (χ1n) is 6.37. The summed E-state index contributed by atoms with van der Waals surface area (Å²) in [4.78, 5) is 24.9. The molecule has 0 spiro atoms. The van der Waals surface area contributed by atoms with Gasteiger partial charge in [0.15, 0.2) is 0 Å². The minimum atomic E-state index is -1.17. The number of carbonyl (C=O) groups is 2. The van der Waals surface area contributed by atoms with Crippen LogP contribution in [0.15, 0.2) is 18.2 Å². The Morgan fingerprint density at radius 3 is 2.75 bits per heavy atom. The van der Waals surface area contributed by atoms with Crippen molar-refractivity contribution in [3.8, 4) is 0 Å². The average molecular weight is 280 g/mol. The van der Waals surface area contributed by atoms with E-state index in [1.165, 1.54) is 12.1 Å². The Balaban J connectivity index is 2.31. The molecule has 1 unspecified atom stereocenters. The molecule has 0 saturated carbocycles. The molecule has 0 aromatic heterocycles. The van der Waals surface area contributed by atoms with Gasteiger partial charge in [-0.25, -0.2) is 9.18 Å². The Morgan fingerprint density at radius 2 is 2.15 bits per heavy atom. The lowest BCUT2D eigenvalue weighted by Crippen LogP contribution is -2.39. The standard InChI is InChI=1S/C14H17FN2O3/c1-14(13(20)16-2)5-6-17(8-14)11-4-3-9(15)7-10(11)12(18)19/h3-4,7H,5-6,8H2,1-2H3,(H,16,20)(H,18,19). The normalized spacial score (nSPS) is 21.9. The van der Waals surface area contributed by atoms with Crippen molar-refractivity contribution < 1.29 is 19.1 Å². The molecule has 1 aliphatic heterocycles. The molecule has 20 heavy (non-hydrogen) atoms. The molecule has 0 radical (unpaired) electrons. The van der Waals surface area contributed by atoms with Crippen LogP contribution in [0.5, 0.6) is 0 Å². The third kappa shape index (κ3) is 2.45. The van der Waals surface area contributed by atoms with Crippen LogP contribution in [0.3, 0.4) is 0 Å². The van der Waals surface area contributed by atoms with Crippen molar-refractivity contribution in [2.24, 2.45) is 5.41 Å². The van der Waals surface area contributed by atoms with Crippen molar-refractivity contribution in [3.05, 3.63) is 29.6 Å². The van der Waals surface area contributed by atoms with Gasteiger partial charge in [-0.2, -0.15) is 0 Å². The number of carboxylic acid groups (broad SMARTS) is 1. The van der Waals surface area contributed by atoms with Gasteiger partial charge in [-0.3, -0.25) is 4.79 Å². The van der Waals surface area contributed by atoms with Crippen LogP contribution in [0.1, 0.15) is 23.7 Å². The van der Waals surface area contributed by atoms with Gasteiger partial charge >= 0.3 is 5.97 Å². The number of amides is 1. The highest BCUT2D eigenvalue weighted by Crippen LogP contribution is 2.35. The Kier molecular flexibility index (Phi) is 3.65. The fraction of sp³-hybridized carbons (Fsp3) is 0.429. The molecule has 1 aromatic carbocycles. The minimum Gasteiger partial charge on any atom is -0.478 e. The minimum absolute atomic E-state index is 0.0704. The van der Waals surface area contributed by atoms with E-state index < -0.39 is 17.2 Å². The van der Waals surface area contributed by atoms with E-state index in [1.807, 2.05) is 11.8 Å². The van der Waals surface area contributed by atoms with E-state index >= 15 is 0 Å². The summed E-state index contributed by atoms with van der Waals surface area (Å²) in [6, 6.07) is 3.69. The molecule has 1 fully saturated rings. The van der Waals surface area contributed by atoms with Crippen LogP contribution in [-0.2, 0) is 4.79 Å². The number of nitrogens with zero attached hydrogens (tertiary/aromatic N) is 1. The Hall–Kier alpha value is -2.11. The molecule has 0 aliphatic carbocycles. The monoisotopic (exact) mass is 280 g/mol. The molecule has 1 saturated heterocycles. The number of hydrogen-bond donors (Lipinski definition) is 2. The van der Waals surface area contributed by atoms with E-state index in [0.29, 0.717) is 25.2 Å². The second-order valence-corrected chi connectivity index (χ2v) is 5.28. The quantitative estimate of drug-likeness (QED) is 0.880. The lowest BCUT2D eigenvalue weighted by atomic mass is 9.89. The molecule has 1 heterocycles. The molecule has 6 heteroatoms. The van der Waals surface area contributed by atoms with Crippen molar-refractivity contribution in [1.29, 1.82) is 0 Å². The predicted molar refractivity (Wildman–Crippen MR) is 72.4 cm³/mol. The van der Waals surface area contributed by atoms with Gasteiger partial charge < -0.3 is 15.3 Å². The van der Waals surface area contributed by atoms with Gasteiger partial charge in [0.2, 0.25) is 5.91 Å². The number of hydrogen-bond acceptors (Lipinski definition) is 3. The van der Waals surface area contributed by atoms with E-state index in [-0.39, 0.29) is 11.5 Å². The first kappa shape index (κ1) is 14.3. The summed E-state index contributed by atoms with van der Waals surface area (Å²) in [7, 11) is 1.58. The van der Waals surface area contributed by atoms with Crippen LogP contribution in [0.25, 0.3) is 0 Å². The summed E-state index contributed by atoms with van der Waals surface area (Å²) in [6.45, 7) is 2.82. The number of halogens is 1. The summed E-state index contributed by atoms with van der Waals surface area (Å²) >= 11 is 0. The summed E-state index contributed by atoms with van der Waals surface area (Å²) in [5, 5.41) is 11.8. The number of anilines is 1. The second kappa shape index (κ2) is 5.11. The van der Waals surface area contributed by atoms with E-state index in [2.05, 4.69) is 5.32 Å². The maximum atomic E-state index is 13.2. The van der Waals surface area contributed by atoms with Gasteiger partial charge in [0.1, 0.15) is 5.82 Å². The van der Waals surface area contributed by atoms with Gasteiger partial charge in [0.05, 0.1) is 16.7 Å². The van der Waals surface area contributed by atoms with Gasteiger partial charge in [0.25, 0.3) is 0 Å². The third-order valence-electron chi connectivity index (χ3n) is 3.78. The molecule has 2 rings (SSSR count). The van der Waals surface area contributed by atoms with Crippen LogP contribution in [-0.4, -0.2) is 37.1 Å². The van der Waals surface area contributed by atoms with E-state index in [9.17, 15) is 14.0 Å². The first-order chi connectivity index (χ1) is 9.37. The molecule has 1 aromatic rings. The number of benzene rings is 1. The zero-order valence-corrected chi connectivity index (χ0v) is 11.4. The molecule has 5 nitrogen and oxygen atoms in total. The smallest absolute Gasteiger partial charge is 0.337 e. The molecule has 2 N–H and O–H groups in total. The first-order valence-corrected chi connectivity index (χ1v) is 6.37. The van der Waals surface area contributed by atoms with E-state index in [0.717, 1.165) is 6.07 Å². The van der Waals surface area contributed by atoms with Gasteiger partial charge in [0, 0.05) is 20.1 Å². The highest BCUT2D eigenvalue weighted by molar-refractivity contribution is 5.95. The fourth-order valence-corrected chi connectivity index (χ4v) is 2.61. The fourth-order valence-electron chi connectivity index (χ4n) is 2.61. The number of rotatable bonds is 3. The van der Waals surface area contributed by atoms with Crippen LogP contribution in [0, 0.1) is 11.2 Å². The molecule has 1 atom stereocenters. The Labute approximate surface area is 116 Å². The van der Waals surface area contributed by atoms with Crippen molar-refractivity contribution in [1.82, 2.24) is 5.32 Å². The summed E-state index contributed by atoms with van der Waals surface area (Å²) in [5.74, 6) is -1.83. The van der Waals surface area contributed by atoms with Crippen molar-refractivity contribution in [2.45, 2.75) is 13.3 Å². The van der Waals surface area contributed by atoms with Crippen molar-refractivity contribution in [2.75, 3.05) is 25.0 Å². The SMILES string of the molecule is CNC(=O)C1(C)CCN(c2ccc(F)cc2C(=O)O)C1. The molecule has 108 valence electrons. The number of carboxylic acids is 1. The lowest BCUT2D eigenvalue weighted by molar-refractivity contribution is -0.128. The number of aromatic carboxylic acids is 1. The molecule has 0 bridgehead atoms. The van der Waals surface area contributed by atoms with Crippen LogP contribution >= 0.6 is 0 Å². The van der Waals surface area contributed by atoms with E-state index in [4.69, 9.17) is 5.11 Å². The number of carbonyl (C=O) groups excluding carboxylic acids is 1. The molecular weight excluding hydrogens is 263 g/mol. The lowest BCUT2D eigenvalue weighted by Gasteiger charge is -2.24. The van der Waals surface area contributed by atoms with Crippen molar-refractivity contribution >= 4 is 17.6 Å². The number of nitrogens with one attached hydrogen (secondary N) is 1. The topological polar surface area (TPSA) is 69.6 Å². The van der Waals surface area contributed by atoms with Crippen LogP contribution < -0.4 is 10.2 Å².